The molecule has 0 radical (unpaired) electrons. The molecule has 0 saturated heterocycles. The van der Waals surface area contributed by atoms with Gasteiger partial charge in [0.25, 0.3) is 0 Å². The van der Waals surface area contributed by atoms with Gasteiger partial charge in [-0.15, -0.1) is 0 Å². The minimum absolute atomic E-state index is 0.0293. The van der Waals surface area contributed by atoms with Crippen LogP contribution < -0.4 is 5.73 Å². The third-order valence-corrected chi connectivity index (χ3v) is 3.84. The van der Waals surface area contributed by atoms with E-state index in [0.717, 1.165) is 25.1 Å². The van der Waals surface area contributed by atoms with Gasteiger partial charge in [-0.1, -0.05) is 30.7 Å². The molecule has 0 bridgehead atoms. The number of benzene rings is 1. The molecule has 0 fully saturated rings. The van der Waals surface area contributed by atoms with Gasteiger partial charge in [0, 0.05) is 24.7 Å². The van der Waals surface area contributed by atoms with E-state index < -0.39 is 0 Å². The van der Waals surface area contributed by atoms with Crippen LogP contribution in [-0.2, 0) is 19.4 Å². The topological polar surface area (TPSA) is 43.8 Å². The van der Waals surface area contributed by atoms with Crippen LogP contribution in [0.1, 0.15) is 48.0 Å². The van der Waals surface area contributed by atoms with E-state index in [1.807, 2.05) is 0 Å². The summed E-state index contributed by atoms with van der Waals surface area (Å²) in [4.78, 5) is 0. The van der Waals surface area contributed by atoms with Crippen LogP contribution in [0.25, 0.3) is 0 Å². The maximum atomic E-state index is 6.43. The molecule has 1 aromatic carbocycles. The number of hydrogen-bond donors (Lipinski definition) is 1. The van der Waals surface area contributed by atoms with Crippen molar-refractivity contribution in [2.45, 2.75) is 53.1 Å². The molecule has 0 amide bonds. The number of nitrogens with two attached hydrogens (primary N) is 1. The minimum atomic E-state index is 0.0293. The minimum Gasteiger partial charge on any atom is -0.324 e. The fraction of sp³-hybridized carbons (Fsp3) is 0.471. The third-order valence-electron chi connectivity index (χ3n) is 3.84. The first-order valence-corrected chi connectivity index (χ1v) is 7.43. The van der Waals surface area contributed by atoms with Crippen molar-refractivity contribution in [1.82, 2.24) is 9.78 Å². The smallest absolute Gasteiger partial charge is 0.0624 e. The lowest BCUT2D eigenvalue weighted by molar-refractivity contribution is 0.584. The number of aromatic nitrogens is 2. The van der Waals surface area contributed by atoms with E-state index in [4.69, 9.17) is 5.73 Å². The lowest BCUT2D eigenvalue weighted by atomic mass is 9.96. The molecular weight excluding hydrogens is 246 g/mol. The lowest BCUT2D eigenvalue weighted by Gasteiger charge is -2.16. The predicted molar refractivity (Wildman–Crippen MR) is 83.8 cm³/mol. The molecule has 108 valence electrons. The first-order valence-electron chi connectivity index (χ1n) is 7.43. The maximum absolute atomic E-state index is 6.43. The molecule has 20 heavy (non-hydrogen) atoms. The standard InChI is InChI=1S/C17H25N3/c1-5-14-10-15(20(6-2)19-14)11-17(18)16-9-12(3)7-8-13(16)4/h7-10,17H,5-6,11,18H2,1-4H3. The van der Waals surface area contributed by atoms with Crippen LogP contribution in [0.5, 0.6) is 0 Å². The van der Waals surface area contributed by atoms with E-state index in [1.54, 1.807) is 0 Å². The molecular formula is C17H25N3. The van der Waals surface area contributed by atoms with E-state index in [0.29, 0.717) is 0 Å². The van der Waals surface area contributed by atoms with Crippen molar-refractivity contribution in [2.75, 3.05) is 0 Å². The molecule has 0 aliphatic rings. The van der Waals surface area contributed by atoms with Gasteiger partial charge in [0.1, 0.15) is 0 Å². The molecule has 0 aliphatic carbocycles. The molecule has 1 unspecified atom stereocenters. The van der Waals surface area contributed by atoms with Gasteiger partial charge in [0.05, 0.1) is 5.69 Å². The summed E-state index contributed by atoms with van der Waals surface area (Å²) >= 11 is 0. The Morgan fingerprint density at radius 2 is 1.95 bits per heavy atom. The van der Waals surface area contributed by atoms with Crippen molar-refractivity contribution in [1.29, 1.82) is 0 Å². The van der Waals surface area contributed by atoms with Gasteiger partial charge in [-0.05, 0) is 44.4 Å². The van der Waals surface area contributed by atoms with Gasteiger partial charge in [0.15, 0.2) is 0 Å². The summed E-state index contributed by atoms with van der Waals surface area (Å²) in [5.74, 6) is 0. The Morgan fingerprint density at radius 1 is 1.20 bits per heavy atom. The maximum Gasteiger partial charge on any atom is 0.0624 e. The number of aryl methyl sites for hydroxylation is 4. The summed E-state index contributed by atoms with van der Waals surface area (Å²) in [5.41, 5.74) is 12.6. The summed E-state index contributed by atoms with van der Waals surface area (Å²) in [7, 11) is 0. The SMILES string of the molecule is CCc1cc(CC(N)c2cc(C)ccc2C)n(CC)n1. The monoisotopic (exact) mass is 271 g/mol. The van der Waals surface area contributed by atoms with E-state index >= 15 is 0 Å². The Bertz CT molecular complexity index is 584. The van der Waals surface area contributed by atoms with Crippen LogP contribution in [0.2, 0.25) is 0 Å². The Morgan fingerprint density at radius 3 is 2.60 bits per heavy atom. The number of rotatable bonds is 5. The molecule has 0 aliphatic heterocycles. The average molecular weight is 271 g/mol. The zero-order chi connectivity index (χ0) is 14.7. The van der Waals surface area contributed by atoms with Crippen LogP contribution in [0.3, 0.4) is 0 Å². The van der Waals surface area contributed by atoms with Gasteiger partial charge < -0.3 is 5.73 Å². The van der Waals surface area contributed by atoms with Gasteiger partial charge in [-0.3, -0.25) is 4.68 Å². The largest absolute Gasteiger partial charge is 0.324 e. The zero-order valence-electron chi connectivity index (χ0n) is 13.0. The van der Waals surface area contributed by atoms with Crippen LogP contribution in [0.4, 0.5) is 0 Å². The van der Waals surface area contributed by atoms with Crippen molar-refractivity contribution >= 4 is 0 Å². The second-order valence-corrected chi connectivity index (χ2v) is 5.47. The normalized spacial score (nSPS) is 12.7. The second kappa shape index (κ2) is 6.23. The van der Waals surface area contributed by atoms with Crippen molar-refractivity contribution in [3.8, 4) is 0 Å². The molecule has 3 nitrogen and oxygen atoms in total. The van der Waals surface area contributed by atoms with Gasteiger partial charge in [0.2, 0.25) is 0 Å². The van der Waals surface area contributed by atoms with E-state index in [2.05, 4.69) is 61.7 Å². The molecule has 2 rings (SSSR count). The van der Waals surface area contributed by atoms with Crippen molar-refractivity contribution < 1.29 is 0 Å². The number of nitrogens with zero attached hydrogens (tertiary/aromatic N) is 2. The van der Waals surface area contributed by atoms with Gasteiger partial charge in [-0.25, -0.2) is 0 Å². The average Bonchev–Trinajstić information content (AvgIpc) is 2.83. The Kier molecular flexibility index (Phi) is 4.61. The fourth-order valence-electron chi connectivity index (χ4n) is 2.62. The quantitative estimate of drug-likeness (QED) is 0.906. The first kappa shape index (κ1) is 14.8. The zero-order valence-corrected chi connectivity index (χ0v) is 13.0. The molecule has 2 N–H and O–H groups in total. The summed E-state index contributed by atoms with van der Waals surface area (Å²) in [5, 5.41) is 4.59. The highest BCUT2D eigenvalue weighted by Crippen LogP contribution is 2.21. The highest BCUT2D eigenvalue weighted by atomic mass is 15.3. The first-order chi connectivity index (χ1) is 9.55. The Balaban J connectivity index is 2.24. The van der Waals surface area contributed by atoms with Gasteiger partial charge in [-0.2, -0.15) is 5.10 Å². The van der Waals surface area contributed by atoms with Crippen molar-refractivity contribution in [2.24, 2.45) is 5.73 Å². The van der Waals surface area contributed by atoms with E-state index in [1.165, 1.54) is 22.4 Å². The van der Waals surface area contributed by atoms with E-state index in [9.17, 15) is 0 Å². The fourth-order valence-corrected chi connectivity index (χ4v) is 2.62. The van der Waals surface area contributed by atoms with Crippen LogP contribution in [0.15, 0.2) is 24.3 Å². The molecule has 2 aromatic rings. The third kappa shape index (κ3) is 3.10. The Labute approximate surface area is 121 Å². The molecule has 1 aromatic heterocycles. The summed E-state index contributed by atoms with van der Waals surface area (Å²) in [6.45, 7) is 9.40. The van der Waals surface area contributed by atoms with E-state index in [-0.39, 0.29) is 6.04 Å². The predicted octanol–water partition coefficient (Wildman–Crippen LogP) is 3.32. The van der Waals surface area contributed by atoms with Crippen molar-refractivity contribution in [3.05, 3.63) is 52.3 Å². The molecule has 0 saturated carbocycles. The van der Waals surface area contributed by atoms with Gasteiger partial charge >= 0.3 is 0 Å². The molecule has 3 heteroatoms. The van der Waals surface area contributed by atoms with Crippen LogP contribution in [-0.4, -0.2) is 9.78 Å². The Hall–Kier alpha value is -1.61. The lowest BCUT2D eigenvalue weighted by Crippen LogP contribution is -2.17. The van der Waals surface area contributed by atoms with Crippen LogP contribution in [0, 0.1) is 13.8 Å². The van der Waals surface area contributed by atoms with Crippen LogP contribution >= 0.6 is 0 Å². The van der Waals surface area contributed by atoms with Crippen molar-refractivity contribution in [3.63, 3.8) is 0 Å². The molecule has 0 spiro atoms. The molecule has 1 atom stereocenters. The summed E-state index contributed by atoms with van der Waals surface area (Å²) in [6.07, 6.45) is 1.81. The number of hydrogen-bond acceptors (Lipinski definition) is 2. The highest BCUT2D eigenvalue weighted by Gasteiger charge is 2.14. The summed E-state index contributed by atoms with van der Waals surface area (Å²) in [6, 6.07) is 8.71. The second-order valence-electron chi connectivity index (χ2n) is 5.47. The summed E-state index contributed by atoms with van der Waals surface area (Å²) < 4.78 is 2.07. The molecule has 1 heterocycles. The highest BCUT2D eigenvalue weighted by molar-refractivity contribution is 5.33.